The molecule has 4 rings (SSSR count). The number of benzene rings is 1. The van der Waals surface area contributed by atoms with Crippen molar-refractivity contribution < 1.29 is 4.74 Å². The third kappa shape index (κ3) is 3.13. The minimum atomic E-state index is 0.558. The first-order chi connectivity index (χ1) is 13.1. The zero-order valence-electron chi connectivity index (χ0n) is 15.9. The summed E-state index contributed by atoms with van der Waals surface area (Å²) >= 11 is 0. The number of imidazole rings is 1. The van der Waals surface area contributed by atoms with Gasteiger partial charge in [0.05, 0.1) is 35.9 Å². The Morgan fingerprint density at radius 2 is 2.11 bits per heavy atom. The molecule has 2 aromatic heterocycles. The first-order valence-electron chi connectivity index (χ1n) is 9.20. The molecule has 5 nitrogen and oxygen atoms in total. The molecular weight excluding hydrogens is 336 g/mol. The fourth-order valence-corrected chi connectivity index (χ4v) is 3.56. The van der Waals surface area contributed by atoms with Crippen LogP contribution < -0.4 is 0 Å². The van der Waals surface area contributed by atoms with Gasteiger partial charge in [-0.1, -0.05) is 24.3 Å². The smallest absolute Gasteiger partial charge is 0.172 e. The molecule has 0 N–H and O–H groups in total. The number of hydrogen-bond acceptors (Lipinski definition) is 4. The molecule has 0 radical (unpaired) electrons. The van der Waals surface area contributed by atoms with Gasteiger partial charge in [-0.2, -0.15) is 10.4 Å². The number of aromatic nitrogens is 3. The maximum Gasteiger partial charge on any atom is 0.172 e. The molecule has 0 spiro atoms. The van der Waals surface area contributed by atoms with E-state index in [4.69, 9.17) is 9.84 Å². The number of nitrogens with zero attached hydrogens (tertiary/aromatic N) is 4. The fraction of sp³-hybridized carbons (Fsp3) is 0.318. The summed E-state index contributed by atoms with van der Waals surface area (Å²) in [7, 11) is 0. The number of nitriles is 1. The lowest BCUT2D eigenvalue weighted by Gasteiger charge is -2.14. The molecule has 0 amide bonds. The Kier molecular flexibility index (Phi) is 4.51. The highest BCUT2D eigenvalue weighted by molar-refractivity contribution is 5.68. The van der Waals surface area contributed by atoms with Crippen LogP contribution in [0, 0.1) is 32.1 Å². The molecule has 0 bridgehead atoms. The van der Waals surface area contributed by atoms with E-state index in [0.29, 0.717) is 24.4 Å². The topological polar surface area (TPSA) is 63.2 Å². The molecule has 3 heterocycles. The standard InChI is InChI=1S/C22H22N4O/c1-14-5-4-6-18(15(14)2)12-21-16(3)24-22-19(13-23)11-20(25-26(21)22)17-7-9-27-10-8-17/h4-7,11H,8-10,12H2,1-3H3. The average Bonchev–Trinajstić information content (AvgIpc) is 3.00. The van der Waals surface area contributed by atoms with Gasteiger partial charge >= 0.3 is 0 Å². The third-order valence-corrected chi connectivity index (χ3v) is 5.36. The first kappa shape index (κ1) is 17.4. The molecule has 3 aromatic rings. The normalized spacial score (nSPS) is 14.2. The summed E-state index contributed by atoms with van der Waals surface area (Å²) in [4.78, 5) is 4.65. The van der Waals surface area contributed by atoms with Gasteiger partial charge in [0.1, 0.15) is 6.07 Å². The molecule has 1 aromatic carbocycles. The first-order valence-corrected chi connectivity index (χ1v) is 9.20. The predicted molar refractivity (Wildman–Crippen MR) is 105 cm³/mol. The van der Waals surface area contributed by atoms with Crippen molar-refractivity contribution in [2.45, 2.75) is 33.6 Å². The summed E-state index contributed by atoms with van der Waals surface area (Å²) in [5.74, 6) is 0. The molecule has 0 unspecified atom stereocenters. The van der Waals surface area contributed by atoms with Gasteiger partial charge in [0.2, 0.25) is 0 Å². The van der Waals surface area contributed by atoms with Crippen LogP contribution in [0.5, 0.6) is 0 Å². The molecular formula is C22H22N4O. The van der Waals surface area contributed by atoms with Crippen LogP contribution in [0.4, 0.5) is 0 Å². The zero-order valence-corrected chi connectivity index (χ0v) is 15.9. The van der Waals surface area contributed by atoms with Crippen LogP contribution in [0.1, 0.15) is 45.8 Å². The van der Waals surface area contributed by atoms with Crippen molar-refractivity contribution in [2.24, 2.45) is 0 Å². The second-order valence-electron chi connectivity index (χ2n) is 7.02. The van der Waals surface area contributed by atoms with Crippen LogP contribution in [0.25, 0.3) is 11.2 Å². The van der Waals surface area contributed by atoms with Crippen LogP contribution in [-0.2, 0) is 11.2 Å². The summed E-state index contributed by atoms with van der Waals surface area (Å²) in [5.41, 5.74) is 8.92. The Balaban J connectivity index is 1.88. The summed E-state index contributed by atoms with van der Waals surface area (Å²) in [6, 6.07) is 10.5. The molecule has 0 aliphatic carbocycles. The Bertz CT molecular complexity index is 1100. The Morgan fingerprint density at radius 3 is 2.85 bits per heavy atom. The largest absolute Gasteiger partial charge is 0.377 e. The minimum Gasteiger partial charge on any atom is -0.377 e. The number of hydrogen-bond donors (Lipinski definition) is 0. The minimum absolute atomic E-state index is 0.558. The molecule has 136 valence electrons. The van der Waals surface area contributed by atoms with E-state index in [1.54, 1.807) is 0 Å². The van der Waals surface area contributed by atoms with Crippen LogP contribution in [0.3, 0.4) is 0 Å². The quantitative estimate of drug-likeness (QED) is 0.712. The average molecular weight is 358 g/mol. The monoisotopic (exact) mass is 358 g/mol. The molecule has 5 heteroatoms. The summed E-state index contributed by atoms with van der Waals surface area (Å²) in [6.45, 7) is 7.54. The fourth-order valence-electron chi connectivity index (χ4n) is 3.56. The van der Waals surface area contributed by atoms with E-state index < -0.39 is 0 Å². The molecule has 1 aliphatic rings. The van der Waals surface area contributed by atoms with Crippen molar-refractivity contribution in [3.8, 4) is 6.07 Å². The van der Waals surface area contributed by atoms with Crippen molar-refractivity contribution in [3.63, 3.8) is 0 Å². The van der Waals surface area contributed by atoms with Crippen molar-refractivity contribution in [1.82, 2.24) is 14.6 Å². The van der Waals surface area contributed by atoms with Gasteiger partial charge in [0.15, 0.2) is 5.65 Å². The lowest BCUT2D eigenvalue weighted by molar-refractivity contribution is 0.161. The highest BCUT2D eigenvalue weighted by Crippen LogP contribution is 2.25. The number of rotatable bonds is 3. The lowest BCUT2D eigenvalue weighted by atomic mass is 9.99. The van der Waals surface area contributed by atoms with Gasteiger partial charge in [-0.25, -0.2) is 9.50 Å². The highest BCUT2D eigenvalue weighted by Gasteiger charge is 2.18. The SMILES string of the molecule is Cc1cccc(Cc2c(C)nc3c(C#N)cc(C4=CCOCC4)nn23)c1C. The van der Waals surface area contributed by atoms with Crippen molar-refractivity contribution in [2.75, 3.05) is 13.2 Å². The van der Waals surface area contributed by atoms with Gasteiger partial charge in [-0.05, 0) is 55.5 Å². The maximum atomic E-state index is 9.65. The lowest BCUT2D eigenvalue weighted by Crippen LogP contribution is -2.09. The van der Waals surface area contributed by atoms with Gasteiger partial charge in [0, 0.05) is 6.42 Å². The molecule has 0 saturated carbocycles. The van der Waals surface area contributed by atoms with Gasteiger partial charge in [0.25, 0.3) is 0 Å². The van der Waals surface area contributed by atoms with E-state index in [1.165, 1.54) is 16.7 Å². The summed E-state index contributed by atoms with van der Waals surface area (Å²) in [6.07, 6.45) is 3.60. The van der Waals surface area contributed by atoms with E-state index in [9.17, 15) is 5.26 Å². The van der Waals surface area contributed by atoms with E-state index in [2.05, 4.69) is 43.1 Å². The predicted octanol–water partition coefficient (Wildman–Crippen LogP) is 3.92. The van der Waals surface area contributed by atoms with Gasteiger partial charge in [-0.15, -0.1) is 0 Å². The summed E-state index contributed by atoms with van der Waals surface area (Å²) in [5, 5.41) is 14.5. The molecule has 27 heavy (non-hydrogen) atoms. The van der Waals surface area contributed by atoms with E-state index in [0.717, 1.165) is 35.5 Å². The van der Waals surface area contributed by atoms with E-state index >= 15 is 0 Å². The van der Waals surface area contributed by atoms with Crippen LogP contribution in [-0.4, -0.2) is 27.8 Å². The van der Waals surface area contributed by atoms with E-state index in [-0.39, 0.29) is 0 Å². The summed E-state index contributed by atoms with van der Waals surface area (Å²) < 4.78 is 7.27. The highest BCUT2D eigenvalue weighted by atomic mass is 16.5. The molecule has 0 fully saturated rings. The number of ether oxygens (including phenoxy) is 1. The zero-order chi connectivity index (χ0) is 19.0. The van der Waals surface area contributed by atoms with Crippen LogP contribution >= 0.6 is 0 Å². The van der Waals surface area contributed by atoms with Gasteiger partial charge < -0.3 is 4.74 Å². The van der Waals surface area contributed by atoms with Crippen LogP contribution in [0.15, 0.2) is 30.3 Å². The van der Waals surface area contributed by atoms with E-state index in [1.807, 2.05) is 23.6 Å². The third-order valence-electron chi connectivity index (χ3n) is 5.36. The maximum absolute atomic E-state index is 9.65. The van der Waals surface area contributed by atoms with Gasteiger partial charge in [-0.3, -0.25) is 0 Å². The van der Waals surface area contributed by atoms with Crippen molar-refractivity contribution >= 4 is 11.2 Å². The second kappa shape index (κ2) is 6.98. The van der Waals surface area contributed by atoms with Crippen molar-refractivity contribution in [3.05, 3.63) is 69.7 Å². The molecule has 0 atom stereocenters. The Labute approximate surface area is 158 Å². The van der Waals surface area contributed by atoms with Crippen molar-refractivity contribution in [1.29, 1.82) is 5.26 Å². The Hall–Kier alpha value is -2.97. The number of fused-ring (bicyclic) bond motifs is 1. The van der Waals surface area contributed by atoms with Crippen LogP contribution in [0.2, 0.25) is 0 Å². The second-order valence-corrected chi connectivity index (χ2v) is 7.02. The molecule has 1 aliphatic heterocycles. The number of aryl methyl sites for hydroxylation is 2. The molecule has 0 saturated heterocycles. The Morgan fingerprint density at radius 1 is 1.26 bits per heavy atom.